The summed E-state index contributed by atoms with van der Waals surface area (Å²) in [5, 5.41) is 3.89. The van der Waals surface area contributed by atoms with Gasteiger partial charge in [0.2, 0.25) is 5.82 Å². The molecule has 0 radical (unpaired) electrons. The number of rotatable bonds is 5. The fourth-order valence-corrected chi connectivity index (χ4v) is 2.14. The molecule has 0 aliphatic rings. The van der Waals surface area contributed by atoms with Gasteiger partial charge in [-0.25, -0.2) is 4.79 Å². The van der Waals surface area contributed by atoms with E-state index in [-0.39, 0.29) is 12.5 Å². The number of carbonyl (C=O) groups excluding carboxylic acids is 1. The Kier molecular flexibility index (Phi) is 4.56. The standard InChI is InChI=1S/C18H17N3O3/c1-21(2)15-10-6-9-14(11-15)18(22)23-12-16-19-17(20-24-16)13-7-4-3-5-8-13/h3-11H,12H2,1-2H3. The number of carbonyl (C=O) groups is 1. The molecule has 3 aromatic rings. The molecule has 0 aliphatic carbocycles. The van der Waals surface area contributed by atoms with Gasteiger partial charge in [-0.15, -0.1) is 0 Å². The predicted molar refractivity (Wildman–Crippen MR) is 89.6 cm³/mol. The minimum absolute atomic E-state index is 0.0646. The Morgan fingerprint density at radius 1 is 1.12 bits per heavy atom. The third-order valence-corrected chi connectivity index (χ3v) is 3.43. The second kappa shape index (κ2) is 6.95. The van der Waals surface area contributed by atoms with Crippen molar-refractivity contribution in [3.8, 4) is 11.4 Å². The van der Waals surface area contributed by atoms with Crippen molar-refractivity contribution in [1.82, 2.24) is 10.1 Å². The predicted octanol–water partition coefficient (Wildman–Crippen LogP) is 3.16. The fraction of sp³-hybridized carbons (Fsp3) is 0.167. The van der Waals surface area contributed by atoms with Crippen molar-refractivity contribution < 1.29 is 14.1 Å². The molecule has 2 aromatic carbocycles. The van der Waals surface area contributed by atoms with Crippen LogP contribution in [0.3, 0.4) is 0 Å². The van der Waals surface area contributed by atoms with Crippen molar-refractivity contribution in [2.24, 2.45) is 0 Å². The van der Waals surface area contributed by atoms with Gasteiger partial charge in [0.15, 0.2) is 6.61 Å². The summed E-state index contributed by atoms with van der Waals surface area (Å²) in [6.45, 7) is -0.0646. The minimum atomic E-state index is -0.432. The lowest BCUT2D eigenvalue weighted by Gasteiger charge is -2.12. The molecule has 0 saturated carbocycles. The van der Waals surface area contributed by atoms with E-state index in [2.05, 4.69) is 10.1 Å². The molecule has 6 heteroatoms. The van der Waals surface area contributed by atoms with Gasteiger partial charge in [-0.1, -0.05) is 41.6 Å². The molecule has 1 aromatic heterocycles. The van der Waals surface area contributed by atoms with Crippen molar-refractivity contribution in [2.75, 3.05) is 19.0 Å². The lowest BCUT2D eigenvalue weighted by atomic mass is 10.2. The first-order valence-corrected chi connectivity index (χ1v) is 7.46. The Bertz CT molecular complexity index is 828. The van der Waals surface area contributed by atoms with Crippen molar-refractivity contribution >= 4 is 11.7 Å². The number of esters is 1. The summed E-state index contributed by atoms with van der Waals surface area (Å²) < 4.78 is 10.4. The number of nitrogens with zero attached hydrogens (tertiary/aromatic N) is 3. The lowest BCUT2D eigenvalue weighted by molar-refractivity contribution is 0.0430. The maximum Gasteiger partial charge on any atom is 0.338 e. The van der Waals surface area contributed by atoms with E-state index < -0.39 is 5.97 Å². The molecule has 0 saturated heterocycles. The van der Waals surface area contributed by atoms with E-state index in [4.69, 9.17) is 9.26 Å². The molecular formula is C18H17N3O3. The van der Waals surface area contributed by atoms with Crippen LogP contribution in [0.1, 0.15) is 16.2 Å². The molecule has 0 atom stereocenters. The molecule has 0 bridgehead atoms. The molecule has 24 heavy (non-hydrogen) atoms. The summed E-state index contributed by atoms with van der Waals surface area (Å²) in [4.78, 5) is 18.3. The summed E-state index contributed by atoms with van der Waals surface area (Å²) in [5.74, 6) is 0.292. The van der Waals surface area contributed by atoms with E-state index in [9.17, 15) is 4.79 Å². The van der Waals surface area contributed by atoms with Gasteiger partial charge in [-0.05, 0) is 18.2 Å². The average molecular weight is 323 g/mol. The molecule has 3 rings (SSSR count). The van der Waals surface area contributed by atoms with Gasteiger partial charge in [0.1, 0.15) is 0 Å². The van der Waals surface area contributed by atoms with E-state index >= 15 is 0 Å². The SMILES string of the molecule is CN(C)c1cccc(C(=O)OCc2nc(-c3ccccc3)no2)c1. The molecule has 0 aliphatic heterocycles. The highest BCUT2D eigenvalue weighted by Gasteiger charge is 2.13. The van der Waals surface area contributed by atoms with Crippen LogP contribution in [0.4, 0.5) is 5.69 Å². The van der Waals surface area contributed by atoms with Crippen LogP contribution in [0.15, 0.2) is 59.1 Å². The van der Waals surface area contributed by atoms with Crippen LogP contribution in [0.25, 0.3) is 11.4 Å². The second-order valence-electron chi connectivity index (χ2n) is 5.40. The topological polar surface area (TPSA) is 68.5 Å². The normalized spacial score (nSPS) is 10.4. The summed E-state index contributed by atoms with van der Waals surface area (Å²) in [5.41, 5.74) is 2.25. The highest BCUT2D eigenvalue weighted by molar-refractivity contribution is 5.90. The Morgan fingerprint density at radius 2 is 1.92 bits per heavy atom. The molecule has 6 nitrogen and oxygen atoms in total. The molecular weight excluding hydrogens is 306 g/mol. The first-order chi connectivity index (χ1) is 11.6. The van der Waals surface area contributed by atoms with Crippen LogP contribution in [0.2, 0.25) is 0 Å². The van der Waals surface area contributed by atoms with Gasteiger partial charge in [0.05, 0.1) is 5.56 Å². The fourth-order valence-electron chi connectivity index (χ4n) is 2.14. The van der Waals surface area contributed by atoms with E-state index in [0.717, 1.165) is 11.3 Å². The smallest absolute Gasteiger partial charge is 0.338 e. The Balaban J connectivity index is 1.65. The van der Waals surface area contributed by atoms with Gasteiger partial charge >= 0.3 is 5.97 Å². The summed E-state index contributed by atoms with van der Waals surface area (Å²) in [6, 6.07) is 16.7. The molecule has 0 spiro atoms. The number of anilines is 1. The van der Waals surface area contributed by atoms with Crippen LogP contribution in [-0.4, -0.2) is 30.2 Å². The first-order valence-electron chi connectivity index (χ1n) is 7.46. The zero-order valence-corrected chi connectivity index (χ0v) is 13.5. The van der Waals surface area contributed by atoms with Crippen molar-refractivity contribution in [2.45, 2.75) is 6.61 Å². The van der Waals surface area contributed by atoms with E-state index in [1.807, 2.05) is 61.5 Å². The number of hydrogen-bond acceptors (Lipinski definition) is 6. The monoisotopic (exact) mass is 323 g/mol. The third-order valence-electron chi connectivity index (χ3n) is 3.43. The maximum absolute atomic E-state index is 12.1. The first kappa shape index (κ1) is 15.7. The second-order valence-corrected chi connectivity index (χ2v) is 5.40. The third kappa shape index (κ3) is 3.60. The van der Waals surface area contributed by atoms with Crippen LogP contribution < -0.4 is 4.90 Å². The minimum Gasteiger partial charge on any atom is -0.452 e. The van der Waals surface area contributed by atoms with Crippen LogP contribution in [0.5, 0.6) is 0 Å². The Labute approximate surface area is 139 Å². The number of hydrogen-bond donors (Lipinski definition) is 0. The van der Waals surface area contributed by atoms with Gasteiger partial charge < -0.3 is 14.2 Å². The van der Waals surface area contributed by atoms with Crippen molar-refractivity contribution in [1.29, 1.82) is 0 Å². The molecule has 1 heterocycles. The molecule has 0 unspecified atom stereocenters. The Hall–Kier alpha value is -3.15. The summed E-state index contributed by atoms with van der Waals surface area (Å²) in [7, 11) is 3.82. The zero-order valence-electron chi connectivity index (χ0n) is 13.5. The Morgan fingerprint density at radius 3 is 2.67 bits per heavy atom. The van der Waals surface area contributed by atoms with E-state index in [0.29, 0.717) is 11.4 Å². The number of benzene rings is 2. The summed E-state index contributed by atoms with van der Waals surface area (Å²) >= 11 is 0. The maximum atomic E-state index is 12.1. The molecule has 0 N–H and O–H groups in total. The van der Waals surface area contributed by atoms with Gasteiger partial charge in [-0.2, -0.15) is 4.98 Å². The average Bonchev–Trinajstić information content (AvgIpc) is 3.09. The highest BCUT2D eigenvalue weighted by atomic mass is 16.6. The zero-order chi connectivity index (χ0) is 16.9. The van der Waals surface area contributed by atoms with Gasteiger partial charge in [0.25, 0.3) is 5.89 Å². The molecule has 122 valence electrons. The molecule has 0 amide bonds. The van der Waals surface area contributed by atoms with Crippen molar-refractivity contribution in [3.63, 3.8) is 0 Å². The molecule has 0 fully saturated rings. The van der Waals surface area contributed by atoms with Crippen molar-refractivity contribution in [3.05, 3.63) is 66.1 Å². The van der Waals surface area contributed by atoms with Gasteiger partial charge in [-0.3, -0.25) is 0 Å². The number of ether oxygens (including phenoxy) is 1. The van der Waals surface area contributed by atoms with Crippen LogP contribution in [-0.2, 0) is 11.3 Å². The van der Waals surface area contributed by atoms with Crippen LogP contribution >= 0.6 is 0 Å². The largest absolute Gasteiger partial charge is 0.452 e. The lowest BCUT2D eigenvalue weighted by Crippen LogP contribution is -2.11. The number of aromatic nitrogens is 2. The summed E-state index contributed by atoms with van der Waals surface area (Å²) in [6.07, 6.45) is 0. The van der Waals surface area contributed by atoms with Gasteiger partial charge in [0, 0.05) is 25.3 Å². The highest BCUT2D eigenvalue weighted by Crippen LogP contribution is 2.17. The van der Waals surface area contributed by atoms with E-state index in [1.54, 1.807) is 12.1 Å². The van der Waals surface area contributed by atoms with E-state index in [1.165, 1.54) is 0 Å². The quantitative estimate of drug-likeness (QED) is 0.672. The van der Waals surface area contributed by atoms with Crippen LogP contribution in [0, 0.1) is 0 Å².